The average molecular weight is 450 g/mol. The van der Waals surface area contributed by atoms with Gasteiger partial charge in [-0.25, -0.2) is 0 Å². The molecule has 1 aliphatic heterocycles. The highest BCUT2D eigenvalue weighted by atomic mass is 35.5. The molecule has 7 heteroatoms. The molecule has 0 bridgehead atoms. The largest absolute Gasteiger partial charge is 0.352 e. The Kier molecular flexibility index (Phi) is 8.92. The molecule has 2 rings (SSSR count). The number of rotatable bonds is 7. The number of nitrogens with zero attached hydrogens (tertiary/aromatic N) is 1. The van der Waals surface area contributed by atoms with Crippen molar-refractivity contribution >= 4 is 29.3 Å². The van der Waals surface area contributed by atoms with Crippen molar-refractivity contribution in [2.75, 3.05) is 13.1 Å². The minimum Gasteiger partial charge on any atom is -0.352 e. The number of carbonyl (C=O) groups is 3. The van der Waals surface area contributed by atoms with Gasteiger partial charge in [0.2, 0.25) is 11.8 Å². The third-order valence-corrected chi connectivity index (χ3v) is 6.06. The molecule has 0 spiro atoms. The van der Waals surface area contributed by atoms with Gasteiger partial charge in [-0.05, 0) is 49.7 Å². The van der Waals surface area contributed by atoms with E-state index in [9.17, 15) is 14.4 Å². The van der Waals surface area contributed by atoms with Gasteiger partial charge in [-0.2, -0.15) is 0 Å². The molecule has 1 saturated heterocycles. The standard InChI is InChI=1S/C24H36ClN3O3/c1-6-16(2)26-23(31)21(27-22(30)18-9-7-8-10-19(18)25)17-11-13-28(14-12-17)20(29)15-24(3,4)5/h7-10,16-17,21H,6,11-15H2,1-5H3,(H,26,31)(H,27,30)/t16-,21-/m0/s1. The van der Waals surface area contributed by atoms with E-state index in [0.717, 1.165) is 6.42 Å². The normalized spacial score (nSPS) is 17.0. The van der Waals surface area contributed by atoms with Crippen molar-refractivity contribution in [2.24, 2.45) is 11.3 Å². The Balaban J connectivity index is 2.11. The fourth-order valence-corrected chi connectivity index (χ4v) is 3.97. The summed E-state index contributed by atoms with van der Waals surface area (Å²) in [5, 5.41) is 6.26. The van der Waals surface area contributed by atoms with E-state index in [1.165, 1.54) is 0 Å². The van der Waals surface area contributed by atoms with Crippen molar-refractivity contribution in [3.05, 3.63) is 34.9 Å². The lowest BCUT2D eigenvalue weighted by molar-refractivity contribution is -0.134. The molecule has 2 atom stereocenters. The van der Waals surface area contributed by atoms with Crippen molar-refractivity contribution in [3.8, 4) is 0 Å². The summed E-state index contributed by atoms with van der Waals surface area (Å²) in [5.41, 5.74) is 0.290. The molecule has 0 aliphatic carbocycles. The lowest BCUT2D eigenvalue weighted by Gasteiger charge is -2.37. The molecule has 2 N–H and O–H groups in total. The third-order valence-electron chi connectivity index (χ3n) is 5.73. The van der Waals surface area contributed by atoms with Crippen LogP contribution in [-0.2, 0) is 9.59 Å². The molecular weight excluding hydrogens is 414 g/mol. The summed E-state index contributed by atoms with van der Waals surface area (Å²) in [4.78, 5) is 40.3. The van der Waals surface area contributed by atoms with Gasteiger partial charge in [-0.3, -0.25) is 14.4 Å². The van der Waals surface area contributed by atoms with E-state index in [1.807, 2.05) is 18.7 Å². The predicted molar refractivity (Wildman–Crippen MR) is 124 cm³/mol. The Morgan fingerprint density at radius 3 is 2.29 bits per heavy atom. The molecule has 0 radical (unpaired) electrons. The Bertz CT molecular complexity index is 783. The van der Waals surface area contributed by atoms with E-state index >= 15 is 0 Å². The minimum atomic E-state index is -0.669. The number of hydrogen-bond acceptors (Lipinski definition) is 3. The molecule has 0 unspecified atom stereocenters. The maximum Gasteiger partial charge on any atom is 0.253 e. The summed E-state index contributed by atoms with van der Waals surface area (Å²) < 4.78 is 0. The molecule has 3 amide bonds. The Labute approximate surface area is 191 Å². The molecule has 31 heavy (non-hydrogen) atoms. The topological polar surface area (TPSA) is 78.5 Å². The summed E-state index contributed by atoms with van der Waals surface area (Å²) >= 11 is 6.18. The van der Waals surface area contributed by atoms with E-state index in [0.29, 0.717) is 42.9 Å². The predicted octanol–water partition coefficient (Wildman–Crippen LogP) is 4.03. The SMILES string of the molecule is CC[C@H](C)NC(=O)[C@@H](NC(=O)c1ccccc1Cl)C1CCN(C(=O)CC(C)(C)C)CC1. The summed E-state index contributed by atoms with van der Waals surface area (Å²) in [6, 6.07) is 6.16. The zero-order valence-corrected chi connectivity index (χ0v) is 20.1. The van der Waals surface area contributed by atoms with E-state index in [-0.39, 0.29) is 35.1 Å². The van der Waals surface area contributed by atoms with Crippen molar-refractivity contribution in [3.63, 3.8) is 0 Å². The highest BCUT2D eigenvalue weighted by Gasteiger charge is 2.35. The van der Waals surface area contributed by atoms with Gasteiger partial charge >= 0.3 is 0 Å². The number of likely N-dealkylation sites (tertiary alicyclic amines) is 1. The second-order valence-electron chi connectivity index (χ2n) is 9.70. The number of halogens is 1. The van der Waals surface area contributed by atoms with Gasteiger partial charge in [0, 0.05) is 25.6 Å². The van der Waals surface area contributed by atoms with Crippen LogP contribution in [0, 0.1) is 11.3 Å². The second-order valence-corrected chi connectivity index (χ2v) is 10.1. The summed E-state index contributed by atoms with van der Waals surface area (Å²) in [5.74, 6) is -0.448. The summed E-state index contributed by atoms with van der Waals surface area (Å²) in [6.07, 6.45) is 2.63. The number of nitrogens with one attached hydrogen (secondary N) is 2. The molecule has 6 nitrogen and oxygen atoms in total. The van der Waals surface area contributed by atoms with Gasteiger partial charge in [0.25, 0.3) is 5.91 Å². The molecule has 1 heterocycles. The van der Waals surface area contributed by atoms with Crippen molar-refractivity contribution in [2.45, 2.75) is 72.4 Å². The van der Waals surface area contributed by atoms with Crippen LogP contribution in [0.2, 0.25) is 5.02 Å². The van der Waals surface area contributed by atoms with Gasteiger partial charge in [0.05, 0.1) is 10.6 Å². The van der Waals surface area contributed by atoms with Crippen LogP contribution in [0.1, 0.15) is 70.7 Å². The molecule has 1 aliphatic rings. The van der Waals surface area contributed by atoms with Crippen LogP contribution in [0.15, 0.2) is 24.3 Å². The highest BCUT2D eigenvalue weighted by Crippen LogP contribution is 2.26. The minimum absolute atomic E-state index is 0.0145. The first-order chi connectivity index (χ1) is 14.5. The van der Waals surface area contributed by atoms with Crippen LogP contribution < -0.4 is 10.6 Å². The van der Waals surface area contributed by atoms with Gasteiger partial charge in [-0.15, -0.1) is 0 Å². The maximum atomic E-state index is 13.0. The van der Waals surface area contributed by atoms with Gasteiger partial charge in [-0.1, -0.05) is 51.4 Å². The number of amides is 3. The van der Waals surface area contributed by atoms with E-state index in [1.54, 1.807) is 24.3 Å². The van der Waals surface area contributed by atoms with E-state index in [4.69, 9.17) is 11.6 Å². The molecule has 1 fully saturated rings. The van der Waals surface area contributed by atoms with Crippen LogP contribution in [0.5, 0.6) is 0 Å². The number of piperidine rings is 1. The summed E-state index contributed by atoms with van der Waals surface area (Å²) in [6.45, 7) is 11.3. The van der Waals surface area contributed by atoms with Crippen LogP contribution in [0.4, 0.5) is 0 Å². The maximum absolute atomic E-state index is 13.0. The lowest BCUT2D eigenvalue weighted by Crippen LogP contribution is -2.55. The first-order valence-electron chi connectivity index (χ1n) is 11.2. The molecule has 1 aromatic carbocycles. The summed E-state index contributed by atoms with van der Waals surface area (Å²) in [7, 11) is 0. The van der Waals surface area contributed by atoms with Crippen molar-refractivity contribution in [1.82, 2.24) is 15.5 Å². The van der Waals surface area contributed by atoms with Crippen molar-refractivity contribution < 1.29 is 14.4 Å². The Hall–Kier alpha value is -2.08. The van der Waals surface area contributed by atoms with Crippen LogP contribution in [0.25, 0.3) is 0 Å². The highest BCUT2D eigenvalue weighted by molar-refractivity contribution is 6.33. The van der Waals surface area contributed by atoms with Gasteiger partial charge in [0.1, 0.15) is 6.04 Å². The number of benzene rings is 1. The van der Waals surface area contributed by atoms with Crippen LogP contribution in [0.3, 0.4) is 0 Å². The Morgan fingerprint density at radius 2 is 1.74 bits per heavy atom. The second kappa shape index (κ2) is 11.0. The first kappa shape index (κ1) is 25.2. The molecule has 1 aromatic rings. The molecule has 172 valence electrons. The fraction of sp³-hybridized carbons (Fsp3) is 0.625. The van der Waals surface area contributed by atoms with Crippen LogP contribution >= 0.6 is 11.6 Å². The first-order valence-corrected chi connectivity index (χ1v) is 11.5. The molecule has 0 aromatic heterocycles. The monoisotopic (exact) mass is 449 g/mol. The Morgan fingerprint density at radius 1 is 1.13 bits per heavy atom. The number of carbonyl (C=O) groups excluding carboxylic acids is 3. The zero-order valence-electron chi connectivity index (χ0n) is 19.3. The van der Waals surface area contributed by atoms with Crippen molar-refractivity contribution in [1.29, 1.82) is 0 Å². The van der Waals surface area contributed by atoms with E-state index in [2.05, 4.69) is 31.4 Å². The number of hydrogen-bond donors (Lipinski definition) is 2. The molecule has 0 saturated carbocycles. The van der Waals surface area contributed by atoms with E-state index < -0.39 is 6.04 Å². The average Bonchev–Trinajstić information content (AvgIpc) is 2.70. The fourth-order valence-electron chi connectivity index (χ4n) is 3.74. The zero-order chi connectivity index (χ0) is 23.2. The lowest BCUT2D eigenvalue weighted by atomic mass is 9.87. The third kappa shape index (κ3) is 7.53. The van der Waals surface area contributed by atoms with Crippen LogP contribution in [-0.4, -0.2) is 47.8 Å². The smallest absolute Gasteiger partial charge is 0.253 e. The van der Waals surface area contributed by atoms with Gasteiger partial charge in [0.15, 0.2) is 0 Å². The van der Waals surface area contributed by atoms with Gasteiger partial charge < -0.3 is 15.5 Å². The quantitative estimate of drug-likeness (QED) is 0.659. The molecular formula is C24H36ClN3O3.